The Morgan fingerprint density at radius 3 is 2.92 bits per heavy atom. The smallest absolute Gasteiger partial charge is 0.307 e. The number of aromatic nitrogens is 2. The maximum Gasteiger partial charge on any atom is 0.307 e. The number of aryl methyl sites for hydroxylation is 1. The molecular formula is C7H12ClN3O2. The number of nitrogen functional groups attached to an aromatic ring is 1. The van der Waals surface area contributed by atoms with Crippen LogP contribution < -0.4 is 5.73 Å². The van der Waals surface area contributed by atoms with Crippen molar-refractivity contribution in [1.82, 2.24) is 9.78 Å². The van der Waals surface area contributed by atoms with Gasteiger partial charge in [0.2, 0.25) is 0 Å². The first kappa shape index (κ1) is 11.8. The van der Waals surface area contributed by atoms with Crippen LogP contribution in [0.25, 0.3) is 0 Å². The number of nitrogens with zero attached hydrogens (tertiary/aromatic N) is 2. The molecule has 0 radical (unpaired) electrons. The molecule has 0 aliphatic rings. The fourth-order valence-electron chi connectivity index (χ4n) is 0.810. The summed E-state index contributed by atoms with van der Waals surface area (Å²) in [6.07, 6.45) is 3.53. The van der Waals surface area contributed by atoms with Crippen molar-refractivity contribution in [3.63, 3.8) is 0 Å². The van der Waals surface area contributed by atoms with Gasteiger partial charge in [0.25, 0.3) is 0 Å². The number of carbonyl (C=O) groups is 1. The molecule has 0 atom stereocenters. The molecule has 6 heteroatoms. The van der Waals surface area contributed by atoms with Crippen LogP contribution in [0.1, 0.15) is 6.42 Å². The second-order valence-corrected chi connectivity index (χ2v) is 2.36. The molecule has 0 aromatic carbocycles. The van der Waals surface area contributed by atoms with E-state index in [1.807, 2.05) is 0 Å². The third kappa shape index (κ3) is 3.80. The number of nitrogens with two attached hydrogens (primary N) is 1. The second kappa shape index (κ2) is 5.42. The number of ether oxygens (including phenoxy) is 1. The Bertz CT molecular complexity index is 274. The van der Waals surface area contributed by atoms with Gasteiger partial charge in [0, 0.05) is 6.20 Å². The lowest BCUT2D eigenvalue weighted by atomic mass is 10.4. The van der Waals surface area contributed by atoms with Gasteiger partial charge in [-0.05, 0) is 0 Å². The summed E-state index contributed by atoms with van der Waals surface area (Å²) in [7, 11) is 1.36. The van der Waals surface area contributed by atoms with Crippen LogP contribution in [0.15, 0.2) is 12.4 Å². The largest absolute Gasteiger partial charge is 0.469 e. The molecule has 1 heterocycles. The van der Waals surface area contributed by atoms with Crippen LogP contribution in [0, 0.1) is 0 Å². The number of halogens is 1. The fourth-order valence-corrected chi connectivity index (χ4v) is 0.810. The van der Waals surface area contributed by atoms with Crippen LogP contribution in [0.3, 0.4) is 0 Å². The van der Waals surface area contributed by atoms with Crippen LogP contribution in [-0.4, -0.2) is 22.9 Å². The SMILES string of the molecule is COC(=O)CCn1cc(N)cn1.Cl. The van der Waals surface area contributed by atoms with Gasteiger partial charge in [-0.3, -0.25) is 9.48 Å². The van der Waals surface area contributed by atoms with Gasteiger partial charge in [0.05, 0.1) is 32.0 Å². The predicted molar refractivity (Wildman–Crippen MR) is 50.5 cm³/mol. The Balaban J connectivity index is 0.00000144. The number of hydrogen-bond donors (Lipinski definition) is 1. The van der Waals surface area contributed by atoms with Crippen molar-refractivity contribution in [2.45, 2.75) is 13.0 Å². The minimum Gasteiger partial charge on any atom is -0.469 e. The molecule has 2 N–H and O–H groups in total. The number of anilines is 1. The van der Waals surface area contributed by atoms with E-state index in [0.717, 1.165) is 0 Å². The molecule has 5 nitrogen and oxygen atoms in total. The molecule has 0 amide bonds. The van der Waals surface area contributed by atoms with Crippen molar-refractivity contribution >= 4 is 24.1 Å². The molecular weight excluding hydrogens is 194 g/mol. The highest BCUT2D eigenvalue weighted by molar-refractivity contribution is 5.85. The maximum atomic E-state index is 10.7. The van der Waals surface area contributed by atoms with Gasteiger partial charge in [-0.15, -0.1) is 12.4 Å². The summed E-state index contributed by atoms with van der Waals surface area (Å²) in [6, 6.07) is 0. The summed E-state index contributed by atoms with van der Waals surface area (Å²) in [6.45, 7) is 0.504. The van der Waals surface area contributed by atoms with Gasteiger partial charge in [0.15, 0.2) is 0 Å². The van der Waals surface area contributed by atoms with Crippen molar-refractivity contribution in [2.75, 3.05) is 12.8 Å². The zero-order valence-corrected chi connectivity index (χ0v) is 8.08. The van der Waals surface area contributed by atoms with Crippen LogP contribution >= 0.6 is 12.4 Å². The monoisotopic (exact) mass is 205 g/mol. The molecule has 13 heavy (non-hydrogen) atoms. The van der Waals surface area contributed by atoms with E-state index in [-0.39, 0.29) is 18.4 Å². The summed E-state index contributed by atoms with van der Waals surface area (Å²) < 4.78 is 6.07. The van der Waals surface area contributed by atoms with Crippen LogP contribution in [0.4, 0.5) is 5.69 Å². The summed E-state index contributed by atoms with van der Waals surface area (Å²) in [4.78, 5) is 10.7. The highest BCUT2D eigenvalue weighted by atomic mass is 35.5. The third-order valence-corrected chi connectivity index (χ3v) is 1.43. The van der Waals surface area contributed by atoms with E-state index >= 15 is 0 Å². The van der Waals surface area contributed by atoms with Gasteiger partial charge in [-0.25, -0.2) is 0 Å². The lowest BCUT2D eigenvalue weighted by molar-refractivity contribution is -0.140. The second-order valence-electron chi connectivity index (χ2n) is 2.36. The van der Waals surface area contributed by atoms with E-state index in [9.17, 15) is 4.79 Å². The van der Waals surface area contributed by atoms with Gasteiger partial charge in [-0.2, -0.15) is 5.10 Å². The van der Waals surface area contributed by atoms with Crippen molar-refractivity contribution in [3.8, 4) is 0 Å². The lowest BCUT2D eigenvalue weighted by Crippen LogP contribution is -2.07. The molecule has 1 rings (SSSR count). The first-order valence-electron chi connectivity index (χ1n) is 3.57. The number of hydrogen-bond acceptors (Lipinski definition) is 4. The zero-order chi connectivity index (χ0) is 8.97. The molecule has 0 saturated heterocycles. The maximum absolute atomic E-state index is 10.7. The lowest BCUT2D eigenvalue weighted by Gasteiger charge is -1.98. The molecule has 0 aliphatic carbocycles. The molecule has 1 aromatic heterocycles. The minimum absolute atomic E-state index is 0. The first-order valence-corrected chi connectivity index (χ1v) is 3.57. The molecule has 0 unspecified atom stereocenters. The highest BCUT2D eigenvalue weighted by Gasteiger charge is 2.00. The van der Waals surface area contributed by atoms with Gasteiger partial charge < -0.3 is 10.5 Å². The van der Waals surface area contributed by atoms with Crippen molar-refractivity contribution in [1.29, 1.82) is 0 Å². The summed E-state index contributed by atoms with van der Waals surface area (Å²) >= 11 is 0. The van der Waals surface area contributed by atoms with E-state index < -0.39 is 0 Å². The average molecular weight is 206 g/mol. The molecule has 0 aliphatic heterocycles. The van der Waals surface area contributed by atoms with Gasteiger partial charge >= 0.3 is 5.97 Å². The molecule has 0 bridgehead atoms. The normalized spacial score (nSPS) is 9.00. The Kier molecular flexibility index (Phi) is 4.91. The van der Waals surface area contributed by atoms with Crippen molar-refractivity contribution < 1.29 is 9.53 Å². The Morgan fingerprint density at radius 2 is 2.46 bits per heavy atom. The molecule has 1 aromatic rings. The van der Waals surface area contributed by atoms with E-state index in [1.165, 1.54) is 13.3 Å². The van der Waals surface area contributed by atoms with Gasteiger partial charge in [0.1, 0.15) is 0 Å². The van der Waals surface area contributed by atoms with Crippen LogP contribution in [-0.2, 0) is 16.1 Å². The summed E-state index contributed by atoms with van der Waals surface area (Å²) in [5, 5.41) is 3.91. The Labute approximate surface area is 82.3 Å². The molecule has 0 fully saturated rings. The fraction of sp³-hybridized carbons (Fsp3) is 0.429. The minimum atomic E-state index is -0.246. The van der Waals surface area contributed by atoms with Crippen molar-refractivity contribution in [2.24, 2.45) is 0 Å². The van der Waals surface area contributed by atoms with Crippen molar-refractivity contribution in [3.05, 3.63) is 12.4 Å². The van der Waals surface area contributed by atoms with E-state index in [4.69, 9.17) is 5.73 Å². The van der Waals surface area contributed by atoms with Crippen LogP contribution in [0.2, 0.25) is 0 Å². The van der Waals surface area contributed by atoms with Crippen LogP contribution in [0.5, 0.6) is 0 Å². The summed E-state index contributed by atoms with van der Waals surface area (Å²) in [5.74, 6) is -0.246. The molecule has 74 valence electrons. The predicted octanol–water partition coefficient (Wildman–Crippen LogP) is 0.450. The number of esters is 1. The number of rotatable bonds is 3. The standard InChI is InChI=1S/C7H11N3O2.ClH/c1-12-7(11)2-3-10-5-6(8)4-9-10;/h4-5H,2-3,8H2,1H3;1H. The number of carbonyl (C=O) groups excluding carboxylic acids is 1. The van der Waals surface area contributed by atoms with E-state index in [2.05, 4.69) is 9.84 Å². The number of methoxy groups -OCH3 is 1. The van der Waals surface area contributed by atoms with Gasteiger partial charge in [-0.1, -0.05) is 0 Å². The molecule has 0 spiro atoms. The Hall–Kier alpha value is -1.23. The average Bonchev–Trinajstić information content (AvgIpc) is 2.47. The zero-order valence-electron chi connectivity index (χ0n) is 7.27. The molecule has 0 saturated carbocycles. The topological polar surface area (TPSA) is 70.1 Å². The quantitative estimate of drug-likeness (QED) is 0.728. The highest BCUT2D eigenvalue weighted by Crippen LogP contribution is 1.98. The summed E-state index contributed by atoms with van der Waals surface area (Å²) in [5.41, 5.74) is 6.02. The van der Waals surface area contributed by atoms with E-state index in [0.29, 0.717) is 18.7 Å². The first-order chi connectivity index (χ1) is 5.72. The Morgan fingerprint density at radius 1 is 1.77 bits per heavy atom. The third-order valence-electron chi connectivity index (χ3n) is 1.43. The van der Waals surface area contributed by atoms with E-state index in [1.54, 1.807) is 10.9 Å².